The lowest BCUT2D eigenvalue weighted by atomic mass is 10.2. The molecule has 0 aliphatic heterocycles. The lowest BCUT2D eigenvalue weighted by molar-refractivity contribution is 0.0526. The van der Waals surface area contributed by atoms with Gasteiger partial charge in [0.25, 0.3) is 0 Å². The molecule has 1 aromatic rings. The van der Waals surface area contributed by atoms with E-state index < -0.39 is 0 Å². The first-order valence-electron chi connectivity index (χ1n) is 5.60. The van der Waals surface area contributed by atoms with Gasteiger partial charge in [-0.3, -0.25) is 0 Å². The normalized spacial score (nSPS) is 9.47. The van der Waals surface area contributed by atoms with Crippen molar-refractivity contribution in [3.05, 3.63) is 29.8 Å². The molecule has 0 aliphatic rings. The van der Waals surface area contributed by atoms with Gasteiger partial charge >= 0.3 is 5.97 Å². The third-order valence-electron chi connectivity index (χ3n) is 2.41. The Labute approximate surface area is 102 Å². The van der Waals surface area contributed by atoms with E-state index in [0.29, 0.717) is 18.6 Å². The van der Waals surface area contributed by atoms with E-state index in [9.17, 15) is 4.79 Å². The molecule has 0 aliphatic carbocycles. The lowest BCUT2D eigenvalue weighted by Crippen LogP contribution is -2.18. The molecule has 0 atom stereocenters. The van der Waals surface area contributed by atoms with Crippen LogP contribution in [-0.4, -0.2) is 26.2 Å². The van der Waals surface area contributed by atoms with Gasteiger partial charge in [-0.2, -0.15) is 0 Å². The number of carbonyl (C=O) groups is 1. The molecule has 0 radical (unpaired) electrons. The standard InChI is InChI=1S/C14H17NO2/c1-4-6-11-15(3)13-9-7-12(8-10-13)14(16)17-5-2/h1,7-10H,5-6,11H2,2-3H3. The van der Waals surface area contributed by atoms with E-state index in [1.54, 1.807) is 19.1 Å². The predicted octanol–water partition coefficient (Wildman–Crippen LogP) is 2.32. The SMILES string of the molecule is C#CCCN(C)c1ccc(C(=O)OCC)cc1. The number of terminal acetylenes is 1. The smallest absolute Gasteiger partial charge is 0.338 e. The maximum atomic E-state index is 11.4. The van der Waals surface area contributed by atoms with Gasteiger partial charge < -0.3 is 9.64 Å². The highest BCUT2D eigenvalue weighted by atomic mass is 16.5. The summed E-state index contributed by atoms with van der Waals surface area (Å²) in [4.78, 5) is 13.5. The largest absolute Gasteiger partial charge is 0.462 e. The maximum absolute atomic E-state index is 11.4. The second-order valence-corrected chi connectivity index (χ2v) is 3.64. The highest BCUT2D eigenvalue weighted by Crippen LogP contribution is 2.14. The van der Waals surface area contributed by atoms with E-state index in [-0.39, 0.29) is 5.97 Å². The number of nitrogens with zero attached hydrogens (tertiary/aromatic N) is 1. The van der Waals surface area contributed by atoms with Crippen LogP contribution in [0.4, 0.5) is 5.69 Å². The molecular weight excluding hydrogens is 214 g/mol. The van der Waals surface area contributed by atoms with Crippen molar-refractivity contribution in [2.24, 2.45) is 0 Å². The molecule has 0 amide bonds. The summed E-state index contributed by atoms with van der Waals surface area (Å²) in [5.41, 5.74) is 1.61. The van der Waals surface area contributed by atoms with Crippen LogP contribution in [0.2, 0.25) is 0 Å². The summed E-state index contributed by atoms with van der Waals surface area (Å²) in [5, 5.41) is 0. The quantitative estimate of drug-likeness (QED) is 0.575. The zero-order valence-corrected chi connectivity index (χ0v) is 10.3. The van der Waals surface area contributed by atoms with Gasteiger partial charge in [0.15, 0.2) is 0 Å². The summed E-state index contributed by atoms with van der Waals surface area (Å²) in [5.74, 6) is 2.31. The van der Waals surface area contributed by atoms with Crippen LogP contribution < -0.4 is 4.90 Å². The summed E-state index contributed by atoms with van der Waals surface area (Å²) in [7, 11) is 1.97. The van der Waals surface area contributed by atoms with Gasteiger partial charge in [-0.1, -0.05) is 0 Å². The van der Waals surface area contributed by atoms with Crippen LogP contribution in [0.15, 0.2) is 24.3 Å². The Morgan fingerprint density at radius 1 is 1.41 bits per heavy atom. The second-order valence-electron chi connectivity index (χ2n) is 3.64. The molecule has 3 nitrogen and oxygen atoms in total. The average Bonchev–Trinajstić information content (AvgIpc) is 2.36. The zero-order valence-electron chi connectivity index (χ0n) is 10.3. The van der Waals surface area contributed by atoms with Crippen LogP contribution in [0, 0.1) is 12.3 Å². The van der Waals surface area contributed by atoms with Crippen LogP contribution in [0.5, 0.6) is 0 Å². The molecule has 0 heterocycles. The molecule has 90 valence electrons. The summed E-state index contributed by atoms with van der Waals surface area (Å²) < 4.78 is 4.91. The van der Waals surface area contributed by atoms with Crippen LogP contribution in [-0.2, 0) is 4.74 Å². The van der Waals surface area contributed by atoms with Crippen molar-refractivity contribution in [2.75, 3.05) is 25.1 Å². The molecule has 3 heteroatoms. The first-order chi connectivity index (χ1) is 8.19. The van der Waals surface area contributed by atoms with Crippen molar-refractivity contribution in [1.29, 1.82) is 0 Å². The molecule has 1 aromatic carbocycles. The van der Waals surface area contributed by atoms with Gasteiger partial charge in [-0.15, -0.1) is 12.3 Å². The first-order valence-corrected chi connectivity index (χ1v) is 5.60. The van der Waals surface area contributed by atoms with E-state index in [2.05, 4.69) is 10.8 Å². The third kappa shape index (κ3) is 3.84. The fourth-order valence-electron chi connectivity index (χ4n) is 1.43. The van der Waals surface area contributed by atoms with Crippen molar-refractivity contribution >= 4 is 11.7 Å². The topological polar surface area (TPSA) is 29.5 Å². The number of esters is 1. The minimum atomic E-state index is -0.287. The Kier molecular flexibility index (Phi) is 5.09. The fraction of sp³-hybridized carbons (Fsp3) is 0.357. The highest BCUT2D eigenvalue weighted by molar-refractivity contribution is 5.89. The van der Waals surface area contributed by atoms with Crippen molar-refractivity contribution < 1.29 is 9.53 Å². The van der Waals surface area contributed by atoms with Crippen LogP contribution >= 0.6 is 0 Å². The van der Waals surface area contributed by atoms with Gasteiger partial charge in [0.2, 0.25) is 0 Å². The molecule has 0 fully saturated rings. The Morgan fingerprint density at radius 2 is 2.06 bits per heavy atom. The van der Waals surface area contributed by atoms with E-state index in [4.69, 9.17) is 11.2 Å². The number of hydrogen-bond acceptors (Lipinski definition) is 3. The Bertz CT molecular complexity index is 403. The van der Waals surface area contributed by atoms with Gasteiger partial charge in [-0.25, -0.2) is 4.79 Å². The molecule has 0 aromatic heterocycles. The monoisotopic (exact) mass is 231 g/mol. The van der Waals surface area contributed by atoms with Gasteiger partial charge in [0.1, 0.15) is 0 Å². The Balaban J connectivity index is 2.67. The second kappa shape index (κ2) is 6.59. The van der Waals surface area contributed by atoms with Gasteiger partial charge in [0.05, 0.1) is 12.2 Å². The summed E-state index contributed by atoms with van der Waals surface area (Å²) in [6.45, 7) is 2.98. The number of benzene rings is 1. The number of rotatable bonds is 5. The number of anilines is 1. The van der Waals surface area contributed by atoms with E-state index in [0.717, 1.165) is 12.2 Å². The molecule has 0 saturated heterocycles. The van der Waals surface area contributed by atoms with Crippen LogP contribution in [0.25, 0.3) is 0 Å². The van der Waals surface area contributed by atoms with Gasteiger partial charge in [-0.05, 0) is 31.2 Å². The van der Waals surface area contributed by atoms with E-state index >= 15 is 0 Å². The van der Waals surface area contributed by atoms with Crippen molar-refractivity contribution in [2.45, 2.75) is 13.3 Å². The average molecular weight is 231 g/mol. The van der Waals surface area contributed by atoms with E-state index in [1.165, 1.54) is 0 Å². The lowest BCUT2D eigenvalue weighted by Gasteiger charge is -2.18. The maximum Gasteiger partial charge on any atom is 0.338 e. The number of carbonyl (C=O) groups excluding carboxylic acids is 1. The predicted molar refractivity (Wildman–Crippen MR) is 69.1 cm³/mol. The first kappa shape index (κ1) is 13.1. The molecule has 1 rings (SSSR count). The van der Waals surface area contributed by atoms with Gasteiger partial charge in [0, 0.05) is 25.7 Å². The van der Waals surface area contributed by atoms with E-state index in [1.807, 2.05) is 19.2 Å². The molecular formula is C14H17NO2. The highest BCUT2D eigenvalue weighted by Gasteiger charge is 2.06. The zero-order chi connectivity index (χ0) is 12.7. The molecule has 0 saturated carbocycles. The number of ether oxygens (including phenoxy) is 1. The number of hydrogen-bond donors (Lipinski definition) is 0. The minimum Gasteiger partial charge on any atom is -0.462 e. The Hall–Kier alpha value is -1.95. The fourth-order valence-corrected chi connectivity index (χ4v) is 1.43. The minimum absolute atomic E-state index is 0.287. The third-order valence-corrected chi connectivity index (χ3v) is 2.41. The van der Waals surface area contributed by atoms with Crippen molar-refractivity contribution in [3.8, 4) is 12.3 Å². The Morgan fingerprint density at radius 3 is 2.59 bits per heavy atom. The van der Waals surface area contributed by atoms with Crippen LogP contribution in [0.3, 0.4) is 0 Å². The summed E-state index contributed by atoms with van der Waals surface area (Å²) in [6, 6.07) is 7.31. The molecule has 0 N–H and O–H groups in total. The van der Waals surface area contributed by atoms with Crippen molar-refractivity contribution in [3.63, 3.8) is 0 Å². The molecule has 17 heavy (non-hydrogen) atoms. The van der Waals surface area contributed by atoms with Crippen molar-refractivity contribution in [1.82, 2.24) is 0 Å². The molecule has 0 unspecified atom stereocenters. The summed E-state index contributed by atoms with van der Waals surface area (Å²) in [6.07, 6.45) is 5.92. The molecule has 0 bridgehead atoms. The van der Waals surface area contributed by atoms with Crippen LogP contribution in [0.1, 0.15) is 23.7 Å². The summed E-state index contributed by atoms with van der Waals surface area (Å²) >= 11 is 0. The molecule has 0 spiro atoms.